The zero-order valence-corrected chi connectivity index (χ0v) is 34.0. The Morgan fingerprint density at radius 2 is 1.30 bits per heavy atom. The number of rotatable bonds is 37. The highest BCUT2D eigenvalue weighted by molar-refractivity contribution is 7.47. The van der Waals surface area contributed by atoms with E-state index in [1.165, 1.54) is 70.6 Å². The summed E-state index contributed by atoms with van der Waals surface area (Å²) in [5.41, 5.74) is 5.34. The second-order valence-corrected chi connectivity index (χ2v) is 14.5. The number of unbranched alkanes of at least 4 members (excludes halogenated alkanes) is 12. The lowest BCUT2D eigenvalue weighted by molar-refractivity contribution is -0.153. The second-order valence-electron chi connectivity index (χ2n) is 13.0. The van der Waals surface area contributed by atoms with Gasteiger partial charge in [-0.15, -0.1) is 0 Å². The van der Waals surface area contributed by atoms with E-state index < -0.39 is 26.0 Å². The molecule has 3 unspecified atom stereocenters. The number of ether oxygens (including phenoxy) is 2. The fraction of sp³-hybridized carbons (Fsp3) is 0.651. The number of allylic oxidation sites excluding steroid dienone is 11. The molecule has 0 aromatic rings. The van der Waals surface area contributed by atoms with Gasteiger partial charge in [-0.25, -0.2) is 4.57 Å². The molecule has 10 heteroatoms. The molecule has 0 aromatic carbocycles. The van der Waals surface area contributed by atoms with E-state index in [0.29, 0.717) is 12.8 Å². The molecular weight excluding hydrogens is 689 g/mol. The molecule has 0 radical (unpaired) electrons. The molecule has 3 atom stereocenters. The highest BCUT2D eigenvalue weighted by Crippen LogP contribution is 2.43. The molecule has 0 aliphatic heterocycles. The molecule has 0 aliphatic carbocycles. The summed E-state index contributed by atoms with van der Waals surface area (Å²) in [6, 6.07) is 0. The van der Waals surface area contributed by atoms with Crippen LogP contribution in [0.3, 0.4) is 0 Å². The van der Waals surface area contributed by atoms with E-state index in [4.69, 9.17) is 24.3 Å². The molecule has 304 valence electrons. The maximum atomic E-state index is 12.5. The first-order valence-corrected chi connectivity index (χ1v) is 21.7. The molecule has 0 aromatic heterocycles. The Labute approximate surface area is 322 Å². The molecule has 0 heterocycles. The van der Waals surface area contributed by atoms with E-state index in [0.717, 1.165) is 38.5 Å². The van der Waals surface area contributed by atoms with Gasteiger partial charge in [0.15, 0.2) is 6.10 Å². The molecule has 0 saturated heterocycles. The SMILES string of the molecule is CC/C=C\C/C=C\CC(O)/C=C/C=C\C/C=C\C/C=C\CCC(=O)OC(CO/C=C\CCCCCCCCCCCCCC)COP(=O)(O)OCCN. The summed E-state index contributed by atoms with van der Waals surface area (Å²) in [4.78, 5) is 22.4. The van der Waals surface area contributed by atoms with Gasteiger partial charge in [-0.1, -0.05) is 157 Å². The average molecular weight is 764 g/mol. The minimum atomic E-state index is -4.33. The highest BCUT2D eigenvalue weighted by Gasteiger charge is 2.25. The Kier molecular flexibility index (Phi) is 37.3. The number of aliphatic hydroxyl groups excluding tert-OH is 1. The van der Waals surface area contributed by atoms with Crippen LogP contribution in [0.1, 0.15) is 142 Å². The van der Waals surface area contributed by atoms with Crippen LogP contribution in [0, 0.1) is 0 Å². The van der Waals surface area contributed by atoms with Crippen molar-refractivity contribution in [3.05, 3.63) is 85.3 Å². The third-order valence-electron chi connectivity index (χ3n) is 7.98. The van der Waals surface area contributed by atoms with Gasteiger partial charge < -0.3 is 25.2 Å². The predicted octanol–water partition coefficient (Wildman–Crippen LogP) is 11.1. The molecule has 0 spiro atoms. The quantitative estimate of drug-likeness (QED) is 0.0141. The van der Waals surface area contributed by atoms with Crippen molar-refractivity contribution in [3.8, 4) is 0 Å². The van der Waals surface area contributed by atoms with Crippen LogP contribution in [0.15, 0.2) is 85.3 Å². The van der Waals surface area contributed by atoms with E-state index in [-0.39, 0.29) is 32.8 Å². The van der Waals surface area contributed by atoms with Gasteiger partial charge in [-0.05, 0) is 57.4 Å². The Balaban J connectivity index is 4.34. The number of phosphoric ester groups is 1. The van der Waals surface area contributed by atoms with Crippen LogP contribution < -0.4 is 5.73 Å². The molecule has 9 nitrogen and oxygen atoms in total. The monoisotopic (exact) mass is 764 g/mol. The van der Waals surface area contributed by atoms with Crippen molar-refractivity contribution in [3.63, 3.8) is 0 Å². The van der Waals surface area contributed by atoms with E-state index >= 15 is 0 Å². The van der Waals surface area contributed by atoms with Crippen molar-refractivity contribution >= 4 is 13.8 Å². The lowest BCUT2D eigenvalue weighted by Crippen LogP contribution is -2.27. The number of carbonyl (C=O) groups excluding carboxylic acids is 1. The zero-order valence-electron chi connectivity index (χ0n) is 33.1. The first-order chi connectivity index (χ1) is 25.8. The fourth-order valence-electron chi connectivity index (χ4n) is 5.01. The summed E-state index contributed by atoms with van der Waals surface area (Å²) in [5, 5.41) is 9.99. The van der Waals surface area contributed by atoms with Gasteiger partial charge in [-0.3, -0.25) is 13.8 Å². The summed E-state index contributed by atoms with van der Waals surface area (Å²) < 4.78 is 33.0. The molecule has 0 aliphatic rings. The average Bonchev–Trinajstić information content (AvgIpc) is 3.14. The Bertz CT molecular complexity index is 1100. The minimum absolute atomic E-state index is 0.0163. The lowest BCUT2D eigenvalue weighted by atomic mass is 10.0. The highest BCUT2D eigenvalue weighted by atomic mass is 31.2. The summed E-state index contributed by atoms with van der Waals surface area (Å²) >= 11 is 0. The Hall–Kier alpha value is -2.52. The van der Waals surface area contributed by atoms with Crippen molar-refractivity contribution in [1.29, 1.82) is 0 Å². The second kappa shape index (κ2) is 39.2. The van der Waals surface area contributed by atoms with E-state index in [1.54, 1.807) is 12.3 Å². The first kappa shape index (κ1) is 50.5. The topological polar surface area (TPSA) is 138 Å². The van der Waals surface area contributed by atoms with Gasteiger partial charge in [0.1, 0.15) is 6.61 Å². The maximum absolute atomic E-state index is 12.5. The van der Waals surface area contributed by atoms with Crippen molar-refractivity contribution < 1.29 is 37.9 Å². The molecule has 0 amide bonds. The normalized spacial score (nSPS) is 15.0. The smallest absolute Gasteiger partial charge is 0.472 e. The van der Waals surface area contributed by atoms with Crippen molar-refractivity contribution in [2.24, 2.45) is 5.73 Å². The molecule has 0 bridgehead atoms. The van der Waals surface area contributed by atoms with E-state index in [2.05, 4.69) is 38.2 Å². The number of esters is 1. The summed E-state index contributed by atoms with van der Waals surface area (Å²) in [6.45, 7) is 3.93. The van der Waals surface area contributed by atoms with Crippen LogP contribution >= 0.6 is 7.82 Å². The number of hydrogen-bond donors (Lipinski definition) is 3. The molecule has 0 fully saturated rings. The van der Waals surface area contributed by atoms with Crippen LogP contribution in [0.5, 0.6) is 0 Å². The van der Waals surface area contributed by atoms with Crippen LogP contribution in [0.25, 0.3) is 0 Å². The maximum Gasteiger partial charge on any atom is 0.472 e. The van der Waals surface area contributed by atoms with Crippen LogP contribution in [-0.2, 0) is 27.9 Å². The van der Waals surface area contributed by atoms with Gasteiger partial charge in [0.2, 0.25) is 0 Å². The number of hydrogen-bond acceptors (Lipinski definition) is 8. The van der Waals surface area contributed by atoms with Crippen LogP contribution in [0.2, 0.25) is 0 Å². The zero-order chi connectivity index (χ0) is 38.9. The minimum Gasteiger partial charge on any atom is -0.498 e. The first-order valence-electron chi connectivity index (χ1n) is 20.2. The summed E-state index contributed by atoms with van der Waals surface area (Å²) in [5.74, 6) is -0.457. The number of carbonyl (C=O) groups is 1. The largest absolute Gasteiger partial charge is 0.498 e. The number of nitrogens with two attached hydrogens (primary N) is 1. The summed E-state index contributed by atoms with van der Waals surface area (Å²) in [7, 11) is -4.33. The van der Waals surface area contributed by atoms with Gasteiger partial charge in [0.25, 0.3) is 0 Å². The van der Waals surface area contributed by atoms with Crippen LogP contribution in [-0.4, -0.2) is 54.5 Å². The van der Waals surface area contributed by atoms with Crippen LogP contribution in [0.4, 0.5) is 0 Å². The Morgan fingerprint density at radius 1 is 0.698 bits per heavy atom. The van der Waals surface area contributed by atoms with Crippen molar-refractivity contribution in [2.75, 3.05) is 26.4 Å². The van der Waals surface area contributed by atoms with E-state index in [9.17, 15) is 19.4 Å². The lowest BCUT2D eigenvalue weighted by Gasteiger charge is -2.19. The molecule has 4 N–H and O–H groups in total. The number of aliphatic hydroxyl groups is 1. The van der Waals surface area contributed by atoms with Crippen molar-refractivity contribution in [1.82, 2.24) is 0 Å². The molecule has 53 heavy (non-hydrogen) atoms. The molecular formula is C43H74NO8P. The standard InChI is InChI=1S/C43H74NO8P/c1-3-5-7-9-11-12-13-14-15-18-21-24-28-32-37-49-39-42(40-51-53(47,48)50-38-36-44)52-43(46)35-31-27-23-20-17-16-19-22-26-30-34-41(45)33-29-25-10-8-6-4-2/h6,8,16-17,22-23,25-27,29-30,32,34,37,41-42,45H,3-5,7,9-15,18-21,24,28,31,33,35-36,38-40,44H2,1-2H3,(H,47,48)/b8-6-,17-16-,26-22-,27-23-,29-25-,34-30+,37-32-. The van der Waals surface area contributed by atoms with Gasteiger partial charge in [0.05, 0.1) is 25.6 Å². The van der Waals surface area contributed by atoms with Crippen molar-refractivity contribution in [2.45, 2.75) is 154 Å². The third-order valence-corrected chi connectivity index (χ3v) is 8.97. The Morgan fingerprint density at radius 3 is 1.96 bits per heavy atom. The molecule has 0 rings (SSSR count). The van der Waals surface area contributed by atoms with Gasteiger partial charge >= 0.3 is 13.8 Å². The molecule has 0 saturated carbocycles. The van der Waals surface area contributed by atoms with E-state index in [1.807, 2.05) is 48.6 Å². The van der Waals surface area contributed by atoms with Gasteiger partial charge in [0, 0.05) is 13.0 Å². The number of phosphoric acid groups is 1. The summed E-state index contributed by atoms with van der Waals surface area (Å²) in [6.07, 6.45) is 47.3. The fourth-order valence-corrected chi connectivity index (χ4v) is 5.78. The predicted molar refractivity (Wildman–Crippen MR) is 220 cm³/mol. The third kappa shape index (κ3) is 39.0. The van der Waals surface area contributed by atoms with Gasteiger partial charge in [-0.2, -0.15) is 0 Å².